The summed E-state index contributed by atoms with van der Waals surface area (Å²) in [6, 6.07) is 0.575. The summed E-state index contributed by atoms with van der Waals surface area (Å²) >= 11 is 0. The predicted molar refractivity (Wildman–Crippen MR) is 45.7 cm³/mol. The summed E-state index contributed by atoms with van der Waals surface area (Å²) in [5.41, 5.74) is 0. The second kappa shape index (κ2) is 3.67. The molecule has 1 aromatic heterocycles. The Morgan fingerprint density at radius 3 is 2.83 bits per heavy atom. The highest BCUT2D eigenvalue weighted by Crippen LogP contribution is 2.07. The number of rotatable bonds is 2. The Balaban J connectivity index is 1.86. The summed E-state index contributed by atoms with van der Waals surface area (Å²) in [5.74, 6) is 0. The number of hydrogen-bond acceptors (Lipinski definition) is 3. The van der Waals surface area contributed by atoms with Crippen LogP contribution in [0.3, 0.4) is 0 Å². The molecule has 2 rings (SSSR count). The summed E-state index contributed by atoms with van der Waals surface area (Å²) in [7, 11) is 0. The van der Waals surface area contributed by atoms with Gasteiger partial charge in [-0.2, -0.15) is 15.0 Å². The minimum atomic E-state index is 0.575. The molecule has 1 N–H and O–H groups in total. The zero-order chi connectivity index (χ0) is 8.23. The van der Waals surface area contributed by atoms with E-state index in [-0.39, 0.29) is 0 Å². The van der Waals surface area contributed by atoms with E-state index in [4.69, 9.17) is 0 Å². The first kappa shape index (κ1) is 7.73. The largest absolute Gasteiger partial charge is 0.312 e. The summed E-state index contributed by atoms with van der Waals surface area (Å²) in [6.45, 7) is 2.05. The molecular weight excluding hydrogens is 152 g/mol. The molecule has 12 heavy (non-hydrogen) atoms. The van der Waals surface area contributed by atoms with Gasteiger partial charge in [-0.25, -0.2) is 0 Å². The van der Waals surface area contributed by atoms with Crippen LogP contribution in [0.2, 0.25) is 0 Å². The first-order chi connectivity index (χ1) is 5.95. The van der Waals surface area contributed by atoms with Crippen LogP contribution in [0.5, 0.6) is 0 Å². The van der Waals surface area contributed by atoms with Crippen molar-refractivity contribution in [2.24, 2.45) is 0 Å². The Kier molecular flexibility index (Phi) is 2.36. The van der Waals surface area contributed by atoms with Gasteiger partial charge in [0.05, 0.1) is 18.9 Å². The molecular formula is C8H14N4. The van der Waals surface area contributed by atoms with Gasteiger partial charge in [0.15, 0.2) is 0 Å². The summed E-state index contributed by atoms with van der Waals surface area (Å²) in [4.78, 5) is 1.75. The molecule has 2 heterocycles. The second-order valence-electron chi connectivity index (χ2n) is 3.23. The van der Waals surface area contributed by atoms with Gasteiger partial charge < -0.3 is 5.32 Å². The lowest BCUT2D eigenvalue weighted by Gasteiger charge is -2.22. The molecule has 0 spiro atoms. The van der Waals surface area contributed by atoms with Crippen LogP contribution in [-0.2, 0) is 6.54 Å². The average Bonchev–Trinajstić information content (AvgIpc) is 2.59. The van der Waals surface area contributed by atoms with Gasteiger partial charge in [0, 0.05) is 6.04 Å². The maximum atomic E-state index is 4.08. The van der Waals surface area contributed by atoms with E-state index < -0.39 is 0 Å². The number of piperidine rings is 1. The highest BCUT2D eigenvalue weighted by molar-refractivity contribution is 4.72. The van der Waals surface area contributed by atoms with Crippen LogP contribution in [0.4, 0.5) is 0 Å². The van der Waals surface area contributed by atoms with E-state index in [1.807, 2.05) is 0 Å². The van der Waals surface area contributed by atoms with Crippen LogP contribution in [0, 0.1) is 0 Å². The van der Waals surface area contributed by atoms with Gasteiger partial charge in [-0.3, -0.25) is 0 Å². The maximum Gasteiger partial charge on any atom is 0.0760 e. The van der Waals surface area contributed by atoms with Crippen molar-refractivity contribution in [1.29, 1.82) is 0 Å². The third kappa shape index (κ3) is 1.82. The zero-order valence-electron chi connectivity index (χ0n) is 7.11. The van der Waals surface area contributed by atoms with Crippen LogP contribution in [0.25, 0.3) is 0 Å². The molecule has 0 amide bonds. The van der Waals surface area contributed by atoms with E-state index in [1.54, 1.807) is 17.2 Å². The quantitative estimate of drug-likeness (QED) is 0.692. The monoisotopic (exact) mass is 166 g/mol. The van der Waals surface area contributed by atoms with Crippen LogP contribution < -0.4 is 5.32 Å². The van der Waals surface area contributed by atoms with E-state index in [2.05, 4.69) is 15.5 Å². The fourth-order valence-corrected chi connectivity index (χ4v) is 1.61. The number of aromatic nitrogens is 3. The predicted octanol–water partition coefficient (Wildman–Crippen LogP) is 0.420. The van der Waals surface area contributed by atoms with Crippen molar-refractivity contribution in [2.45, 2.75) is 31.8 Å². The van der Waals surface area contributed by atoms with Gasteiger partial charge in [-0.15, -0.1) is 0 Å². The van der Waals surface area contributed by atoms with Crippen LogP contribution in [0.15, 0.2) is 12.4 Å². The van der Waals surface area contributed by atoms with E-state index in [1.165, 1.54) is 19.3 Å². The molecule has 0 aromatic carbocycles. The van der Waals surface area contributed by atoms with E-state index in [0.29, 0.717) is 6.04 Å². The Hall–Kier alpha value is -0.900. The smallest absolute Gasteiger partial charge is 0.0760 e. The average molecular weight is 166 g/mol. The van der Waals surface area contributed by atoms with Gasteiger partial charge in [-0.1, -0.05) is 6.42 Å². The van der Waals surface area contributed by atoms with Crippen molar-refractivity contribution >= 4 is 0 Å². The molecule has 0 aliphatic carbocycles. The minimum absolute atomic E-state index is 0.575. The van der Waals surface area contributed by atoms with Crippen LogP contribution in [-0.4, -0.2) is 27.6 Å². The molecule has 4 heteroatoms. The normalized spacial score (nSPS) is 24.2. The maximum absolute atomic E-state index is 4.08. The van der Waals surface area contributed by atoms with E-state index in [9.17, 15) is 0 Å². The third-order valence-electron chi connectivity index (χ3n) is 2.26. The first-order valence-corrected chi connectivity index (χ1v) is 4.52. The molecule has 1 aromatic rings. The molecule has 1 atom stereocenters. The molecule has 66 valence electrons. The van der Waals surface area contributed by atoms with Crippen molar-refractivity contribution in [2.75, 3.05) is 6.54 Å². The molecule has 1 aliphatic heterocycles. The summed E-state index contributed by atoms with van der Waals surface area (Å²) < 4.78 is 0. The number of nitrogens with one attached hydrogen (secondary N) is 1. The Bertz CT molecular complexity index is 213. The zero-order valence-corrected chi connectivity index (χ0v) is 7.11. The number of hydrogen-bond donors (Lipinski definition) is 1. The summed E-state index contributed by atoms with van der Waals surface area (Å²) in [5, 5.41) is 11.6. The van der Waals surface area contributed by atoms with Gasteiger partial charge >= 0.3 is 0 Å². The molecule has 0 unspecified atom stereocenters. The molecule has 1 aliphatic rings. The fourth-order valence-electron chi connectivity index (χ4n) is 1.61. The highest BCUT2D eigenvalue weighted by atomic mass is 15.5. The Morgan fingerprint density at radius 2 is 2.17 bits per heavy atom. The standard InChI is InChI=1S/C8H14N4/c1-2-4-9-8(3-1)7-12-10-5-6-11-12/h5-6,8-9H,1-4,7H2/t8-/m1/s1. The molecule has 4 nitrogen and oxygen atoms in total. The lowest BCUT2D eigenvalue weighted by atomic mass is 10.1. The SMILES string of the molecule is c1cnn(C[C@H]2CCCCN2)n1. The van der Waals surface area contributed by atoms with Crippen LogP contribution in [0.1, 0.15) is 19.3 Å². The topological polar surface area (TPSA) is 42.7 Å². The van der Waals surface area contributed by atoms with Crippen molar-refractivity contribution in [3.63, 3.8) is 0 Å². The highest BCUT2D eigenvalue weighted by Gasteiger charge is 2.12. The molecule has 0 bridgehead atoms. The van der Waals surface area contributed by atoms with Gasteiger partial charge in [0.1, 0.15) is 0 Å². The second-order valence-corrected chi connectivity index (χ2v) is 3.23. The minimum Gasteiger partial charge on any atom is -0.312 e. The molecule has 1 saturated heterocycles. The van der Waals surface area contributed by atoms with Gasteiger partial charge in [0.25, 0.3) is 0 Å². The van der Waals surface area contributed by atoms with Crippen molar-refractivity contribution < 1.29 is 0 Å². The molecule has 0 saturated carbocycles. The fraction of sp³-hybridized carbons (Fsp3) is 0.750. The lowest BCUT2D eigenvalue weighted by Crippen LogP contribution is -2.37. The Morgan fingerprint density at radius 1 is 1.33 bits per heavy atom. The molecule has 0 radical (unpaired) electrons. The van der Waals surface area contributed by atoms with Crippen molar-refractivity contribution in [3.05, 3.63) is 12.4 Å². The first-order valence-electron chi connectivity index (χ1n) is 4.52. The van der Waals surface area contributed by atoms with E-state index >= 15 is 0 Å². The van der Waals surface area contributed by atoms with E-state index in [0.717, 1.165) is 13.1 Å². The van der Waals surface area contributed by atoms with Gasteiger partial charge in [-0.05, 0) is 19.4 Å². The van der Waals surface area contributed by atoms with Crippen molar-refractivity contribution in [1.82, 2.24) is 20.3 Å². The number of nitrogens with zero attached hydrogens (tertiary/aromatic N) is 3. The van der Waals surface area contributed by atoms with Gasteiger partial charge in [0.2, 0.25) is 0 Å². The Labute approximate surface area is 72.0 Å². The summed E-state index contributed by atoms with van der Waals surface area (Å²) in [6.07, 6.45) is 7.34. The molecule has 1 fully saturated rings. The third-order valence-corrected chi connectivity index (χ3v) is 2.26. The van der Waals surface area contributed by atoms with Crippen molar-refractivity contribution in [3.8, 4) is 0 Å². The lowest BCUT2D eigenvalue weighted by molar-refractivity contribution is 0.335. The van der Waals surface area contributed by atoms with Crippen LogP contribution >= 0.6 is 0 Å².